The summed E-state index contributed by atoms with van der Waals surface area (Å²) in [6, 6.07) is 3.04. The summed E-state index contributed by atoms with van der Waals surface area (Å²) in [7, 11) is 0. The molecule has 1 aromatic heterocycles. The van der Waals surface area contributed by atoms with E-state index in [4.69, 9.17) is 4.74 Å². The van der Waals surface area contributed by atoms with E-state index in [0.29, 0.717) is 5.25 Å². The molecular formula is C15H22N2OS. The van der Waals surface area contributed by atoms with Gasteiger partial charge in [-0.15, -0.1) is 11.8 Å². The van der Waals surface area contributed by atoms with Gasteiger partial charge in [-0.05, 0) is 43.7 Å². The lowest BCUT2D eigenvalue weighted by molar-refractivity contribution is 0.1000. The summed E-state index contributed by atoms with van der Waals surface area (Å²) in [6.07, 6.45) is 7.01. The van der Waals surface area contributed by atoms with Crippen LogP contribution in [0, 0.1) is 6.92 Å². The smallest absolute Gasteiger partial charge is 0.0991 e. The number of aromatic nitrogens is 1. The largest absolute Gasteiger partial charge is 0.381 e. The molecule has 0 radical (unpaired) electrons. The Balaban J connectivity index is 1.58. The molecule has 0 bridgehead atoms. The monoisotopic (exact) mass is 278 g/mol. The van der Waals surface area contributed by atoms with Gasteiger partial charge in [0.25, 0.3) is 0 Å². The fourth-order valence-corrected chi connectivity index (χ4v) is 3.44. The third kappa shape index (κ3) is 3.94. The van der Waals surface area contributed by atoms with Crippen molar-refractivity contribution in [3.63, 3.8) is 0 Å². The molecule has 1 saturated carbocycles. The molecule has 2 heterocycles. The minimum Gasteiger partial charge on any atom is -0.381 e. The van der Waals surface area contributed by atoms with Crippen LogP contribution in [0.2, 0.25) is 0 Å². The van der Waals surface area contributed by atoms with E-state index >= 15 is 0 Å². The molecule has 1 N–H and O–H groups in total. The van der Waals surface area contributed by atoms with Gasteiger partial charge in [0.1, 0.15) is 0 Å². The van der Waals surface area contributed by atoms with Gasteiger partial charge in [-0.3, -0.25) is 0 Å². The second-order valence-electron chi connectivity index (χ2n) is 5.55. The first kappa shape index (κ1) is 13.4. The van der Waals surface area contributed by atoms with E-state index in [0.717, 1.165) is 38.6 Å². The van der Waals surface area contributed by atoms with Gasteiger partial charge in [0, 0.05) is 37.2 Å². The van der Waals surface area contributed by atoms with E-state index in [1.807, 2.05) is 18.0 Å². The van der Waals surface area contributed by atoms with Crippen molar-refractivity contribution >= 4 is 11.8 Å². The molecule has 3 rings (SSSR count). The Hall–Kier alpha value is -0.580. The van der Waals surface area contributed by atoms with E-state index in [9.17, 15) is 0 Å². The van der Waals surface area contributed by atoms with Crippen LogP contribution in [0.4, 0.5) is 0 Å². The van der Waals surface area contributed by atoms with E-state index in [2.05, 4.69) is 23.3 Å². The molecule has 1 aliphatic carbocycles. The van der Waals surface area contributed by atoms with Crippen molar-refractivity contribution in [1.82, 2.24) is 10.3 Å². The number of rotatable bonds is 5. The SMILES string of the molecule is Cc1cc(CNC2CC2)cnc1SC1CCOCC1. The van der Waals surface area contributed by atoms with Crippen LogP contribution in [-0.4, -0.2) is 29.5 Å². The van der Waals surface area contributed by atoms with Crippen molar-refractivity contribution < 1.29 is 4.74 Å². The minimum absolute atomic E-state index is 0.676. The molecule has 2 fully saturated rings. The Bertz CT molecular complexity index is 428. The third-order valence-corrected chi connectivity index (χ3v) is 5.16. The number of nitrogens with one attached hydrogen (secondary N) is 1. The van der Waals surface area contributed by atoms with Crippen molar-refractivity contribution in [2.45, 2.75) is 55.5 Å². The zero-order valence-electron chi connectivity index (χ0n) is 11.5. The van der Waals surface area contributed by atoms with Gasteiger partial charge in [0.2, 0.25) is 0 Å². The Morgan fingerprint density at radius 3 is 2.79 bits per heavy atom. The molecule has 1 saturated heterocycles. The van der Waals surface area contributed by atoms with Crippen LogP contribution in [0.5, 0.6) is 0 Å². The van der Waals surface area contributed by atoms with Crippen molar-refractivity contribution in [3.05, 3.63) is 23.4 Å². The molecule has 0 atom stereocenters. The topological polar surface area (TPSA) is 34.2 Å². The highest BCUT2D eigenvalue weighted by atomic mass is 32.2. The van der Waals surface area contributed by atoms with Gasteiger partial charge in [0.15, 0.2) is 0 Å². The predicted molar refractivity (Wildman–Crippen MR) is 78.5 cm³/mol. The van der Waals surface area contributed by atoms with Gasteiger partial charge in [-0.2, -0.15) is 0 Å². The molecule has 3 nitrogen and oxygen atoms in total. The van der Waals surface area contributed by atoms with Gasteiger partial charge < -0.3 is 10.1 Å². The highest BCUT2D eigenvalue weighted by Crippen LogP contribution is 2.30. The maximum Gasteiger partial charge on any atom is 0.0991 e. The number of nitrogens with zero attached hydrogens (tertiary/aromatic N) is 1. The summed E-state index contributed by atoms with van der Waals surface area (Å²) in [5, 5.41) is 5.41. The van der Waals surface area contributed by atoms with E-state index in [1.54, 1.807) is 0 Å². The van der Waals surface area contributed by atoms with Crippen LogP contribution >= 0.6 is 11.8 Å². The summed E-state index contributed by atoms with van der Waals surface area (Å²) >= 11 is 1.93. The summed E-state index contributed by atoms with van der Waals surface area (Å²) < 4.78 is 5.40. The molecule has 1 aromatic rings. The van der Waals surface area contributed by atoms with Crippen LogP contribution < -0.4 is 5.32 Å². The van der Waals surface area contributed by atoms with Gasteiger partial charge >= 0.3 is 0 Å². The zero-order valence-corrected chi connectivity index (χ0v) is 12.3. The summed E-state index contributed by atoms with van der Waals surface area (Å²) in [6.45, 7) is 4.94. The molecule has 19 heavy (non-hydrogen) atoms. The van der Waals surface area contributed by atoms with Crippen LogP contribution in [-0.2, 0) is 11.3 Å². The van der Waals surface area contributed by atoms with Crippen molar-refractivity contribution in [2.75, 3.05) is 13.2 Å². The molecule has 0 amide bonds. The number of aryl methyl sites for hydroxylation is 1. The van der Waals surface area contributed by atoms with E-state index < -0.39 is 0 Å². The highest BCUT2D eigenvalue weighted by Gasteiger charge is 2.20. The lowest BCUT2D eigenvalue weighted by Crippen LogP contribution is -2.18. The first-order valence-electron chi connectivity index (χ1n) is 7.24. The quantitative estimate of drug-likeness (QED) is 0.898. The predicted octanol–water partition coefficient (Wildman–Crippen LogP) is 2.91. The van der Waals surface area contributed by atoms with Crippen molar-refractivity contribution in [1.29, 1.82) is 0 Å². The second kappa shape index (κ2) is 6.25. The maximum atomic E-state index is 5.40. The molecule has 4 heteroatoms. The van der Waals surface area contributed by atoms with Crippen molar-refractivity contribution in [2.24, 2.45) is 0 Å². The van der Waals surface area contributed by atoms with Gasteiger partial charge in [0.05, 0.1) is 5.03 Å². The fraction of sp³-hybridized carbons (Fsp3) is 0.667. The minimum atomic E-state index is 0.676. The number of ether oxygens (including phenoxy) is 1. The summed E-state index contributed by atoms with van der Waals surface area (Å²) in [5.74, 6) is 0. The maximum absolute atomic E-state index is 5.40. The fourth-order valence-electron chi connectivity index (χ4n) is 2.34. The lowest BCUT2D eigenvalue weighted by Gasteiger charge is -2.21. The Kier molecular flexibility index (Phi) is 4.41. The average molecular weight is 278 g/mol. The van der Waals surface area contributed by atoms with Crippen LogP contribution in [0.25, 0.3) is 0 Å². The first-order chi connectivity index (χ1) is 9.31. The number of hydrogen-bond acceptors (Lipinski definition) is 4. The normalized spacial score (nSPS) is 20.7. The third-order valence-electron chi connectivity index (χ3n) is 3.71. The highest BCUT2D eigenvalue weighted by molar-refractivity contribution is 7.99. The summed E-state index contributed by atoms with van der Waals surface area (Å²) in [4.78, 5) is 4.65. The molecule has 0 spiro atoms. The molecular weight excluding hydrogens is 256 g/mol. The van der Waals surface area contributed by atoms with E-state index in [-0.39, 0.29) is 0 Å². The van der Waals surface area contributed by atoms with Crippen LogP contribution in [0.1, 0.15) is 36.8 Å². The average Bonchev–Trinajstić information content (AvgIpc) is 3.25. The number of thioether (sulfide) groups is 1. The molecule has 2 aliphatic rings. The molecule has 104 valence electrons. The Morgan fingerprint density at radius 2 is 2.11 bits per heavy atom. The summed E-state index contributed by atoms with van der Waals surface area (Å²) in [5.41, 5.74) is 2.62. The standard InChI is InChI=1S/C15H22N2OS/c1-11-8-12(9-16-13-2-3-13)10-17-15(11)19-14-4-6-18-7-5-14/h8,10,13-14,16H,2-7,9H2,1H3. The number of pyridine rings is 1. The first-order valence-corrected chi connectivity index (χ1v) is 8.12. The number of hydrogen-bond donors (Lipinski definition) is 1. The Morgan fingerprint density at radius 1 is 1.32 bits per heavy atom. The Labute approximate surface area is 119 Å². The zero-order chi connectivity index (χ0) is 13.1. The van der Waals surface area contributed by atoms with Crippen LogP contribution in [0.15, 0.2) is 17.3 Å². The van der Waals surface area contributed by atoms with Gasteiger partial charge in [-0.25, -0.2) is 4.98 Å². The van der Waals surface area contributed by atoms with Crippen LogP contribution in [0.3, 0.4) is 0 Å². The lowest BCUT2D eigenvalue weighted by atomic mass is 10.2. The molecule has 0 unspecified atom stereocenters. The molecule has 1 aliphatic heterocycles. The van der Waals surface area contributed by atoms with Gasteiger partial charge in [-0.1, -0.05) is 6.07 Å². The van der Waals surface area contributed by atoms with Crippen molar-refractivity contribution in [3.8, 4) is 0 Å². The molecule has 0 aromatic carbocycles. The second-order valence-corrected chi connectivity index (χ2v) is 6.84. The van der Waals surface area contributed by atoms with E-state index in [1.165, 1.54) is 29.0 Å².